The minimum atomic E-state index is -0.243. The topological polar surface area (TPSA) is 38.3 Å². The van der Waals surface area contributed by atoms with Gasteiger partial charge in [0.15, 0.2) is 0 Å². The summed E-state index contributed by atoms with van der Waals surface area (Å²) < 4.78 is 5.48. The van der Waals surface area contributed by atoms with Crippen LogP contribution in [-0.4, -0.2) is 25.7 Å². The van der Waals surface area contributed by atoms with Crippen molar-refractivity contribution in [1.82, 2.24) is 5.32 Å². The molecular weight excluding hydrogens is 214 g/mol. The van der Waals surface area contributed by atoms with Crippen molar-refractivity contribution >= 4 is 5.97 Å². The molecule has 1 aliphatic heterocycles. The van der Waals surface area contributed by atoms with Crippen LogP contribution in [0.25, 0.3) is 0 Å². The Hall–Kier alpha value is -0.570. The Morgan fingerprint density at radius 1 is 1.41 bits per heavy atom. The smallest absolute Gasteiger partial charge is 0.313 e. The van der Waals surface area contributed by atoms with Crippen molar-refractivity contribution in [2.45, 2.75) is 53.4 Å². The third-order valence-corrected chi connectivity index (χ3v) is 3.49. The van der Waals surface area contributed by atoms with Crippen LogP contribution in [0.3, 0.4) is 0 Å². The molecule has 0 saturated carbocycles. The van der Waals surface area contributed by atoms with Crippen molar-refractivity contribution < 1.29 is 9.53 Å². The fraction of sp³-hybridized carbons (Fsp3) is 0.929. The number of ether oxygens (including phenoxy) is 1. The Labute approximate surface area is 105 Å². The van der Waals surface area contributed by atoms with E-state index < -0.39 is 0 Å². The summed E-state index contributed by atoms with van der Waals surface area (Å²) in [7, 11) is 0. The zero-order valence-electron chi connectivity index (χ0n) is 11.8. The van der Waals surface area contributed by atoms with Crippen molar-refractivity contribution in [3.05, 3.63) is 0 Å². The standard InChI is InChI=1S/C14H27NO2/c1-5-6-14(7-9-15-11-14)12(16)17-10-8-13(2,3)4/h15H,5-11H2,1-4H3. The summed E-state index contributed by atoms with van der Waals surface area (Å²) in [6.07, 6.45) is 3.83. The van der Waals surface area contributed by atoms with Gasteiger partial charge in [-0.15, -0.1) is 0 Å². The average Bonchev–Trinajstić information content (AvgIpc) is 2.66. The Kier molecular flexibility index (Phi) is 4.99. The molecule has 1 heterocycles. The van der Waals surface area contributed by atoms with Crippen molar-refractivity contribution in [3.63, 3.8) is 0 Å². The minimum absolute atomic E-state index is 0.00796. The molecule has 100 valence electrons. The molecule has 1 N–H and O–H groups in total. The molecule has 3 heteroatoms. The van der Waals surface area contributed by atoms with Crippen LogP contribution < -0.4 is 5.32 Å². The molecule has 1 saturated heterocycles. The number of hydrogen-bond acceptors (Lipinski definition) is 3. The van der Waals surface area contributed by atoms with E-state index in [4.69, 9.17) is 4.74 Å². The van der Waals surface area contributed by atoms with Crippen LogP contribution in [0.15, 0.2) is 0 Å². The van der Waals surface area contributed by atoms with Crippen LogP contribution in [0.5, 0.6) is 0 Å². The van der Waals surface area contributed by atoms with Crippen LogP contribution in [0.2, 0.25) is 0 Å². The molecule has 0 bridgehead atoms. The van der Waals surface area contributed by atoms with Gasteiger partial charge in [-0.1, -0.05) is 34.1 Å². The SMILES string of the molecule is CCCC1(C(=O)OCCC(C)(C)C)CCNC1. The third-order valence-electron chi connectivity index (χ3n) is 3.49. The first kappa shape index (κ1) is 14.5. The first-order valence-corrected chi connectivity index (χ1v) is 6.78. The second-order valence-corrected chi connectivity index (χ2v) is 6.40. The quantitative estimate of drug-likeness (QED) is 0.752. The van der Waals surface area contributed by atoms with E-state index in [-0.39, 0.29) is 16.8 Å². The second kappa shape index (κ2) is 5.85. The highest BCUT2D eigenvalue weighted by molar-refractivity contribution is 5.77. The molecule has 1 fully saturated rings. The third kappa shape index (κ3) is 4.30. The molecule has 0 aromatic rings. The summed E-state index contributed by atoms with van der Waals surface area (Å²) in [6, 6.07) is 0. The van der Waals surface area contributed by atoms with Crippen LogP contribution in [-0.2, 0) is 9.53 Å². The summed E-state index contributed by atoms with van der Waals surface area (Å²) in [6.45, 7) is 10.9. The normalized spacial score (nSPS) is 24.9. The number of esters is 1. The molecule has 0 radical (unpaired) electrons. The van der Waals surface area contributed by atoms with Gasteiger partial charge in [-0.05, 0) is 31.2 Å². The average molecular weight is 241 g/mol. The minimum Gasteiger partial charge on any atom is -0.465 e. The lowest BCUT2D eigenvalue weighted by Gasteiger charge is -2.26. The Morgan fingerprint density at radius 3 is 2.59 bits per heavy atom. The highest BCUT2D eigenvalue weighted by Crippen LogP contribution is 2.32. The lowest BCUT2D eigenvalue weighted by Crippen LogP contribution is -2.35. The molecular formula is C14H27NO2. The van der Waals surface area contributed by atoms with Crippen molar-refractivity contribution in [1.29, 1.82) is 0 Å². The van der Waals surface area contributed by atoms with E-state index in [0.717, 1.165) is 38.8 Å². The second-order valence-electron chi connectivity index (χ2n) is 6.40. The zero-order chi connectivity index (χ0) is 12.9. The molecule has 1 atom stereocenters. The monoisotopic (exact) mass is 241 g/mol. The van der Waals surface area contributed by atoms with Gasteiger partial charge in [-0.25, -0.2) is 0 Å². The van der Waals surface area contributed by atoms with E-state index >= 15 is 0 Å². The van der Waals surface area contributed by atoms with Gasteiger partial charge in [0.25, 0.3) is 0 Å². The molecule has 1 unspecified atom stereocenters. The fourth-order valence-corrected chi connectivity index (χ4v) is 2.31. The molecule has 0 aliphatic carbocycles. The van der Waals surface area contributed by atoms with Crippen LogP contribution in [0.4, 0.5) is 0 Å². The molecule has 17 heavy (non-hydrogen) atoms. The van der Waals surface area contributed by atoms with Crippen molar-refractivity contribution in [3.8, 4) is 0 Å². The Morgan fingerprint density at radius 2 is 2.12 bits per heavy atom. The first-order chi connectivity index (χ1) is 7.90. The number of hydrogen-bond donors (Lipinski definition) is 1. The predicted octanol–water partition coefficient (Wildman–Crippen LogP) is 2.75. The van der Waals surface area contributed by atoms with E-state index in [1.807, 2.05) is 0 Å². The van der Waals surface area contributed by atoms with Crippen LogP contribution in [0.1, 0.15) is 53.4 Å². The summed E-state index contributed by atoms with van der Waals surface area (Å²) in [5.74, 6) is 0.00796. The van der Waals surface area contributed by atoms with Gasteiger partial charge in [0.1, 0.15) is 0 Å². The van der Waals surface area contributed by atoms with Gasteiger partial charge in [0.2, 0.25) is 0 Å². The van der Waals surface area contributed by atoms with Crippen LogP contribution in [0, 0.1) is 10.8 Å². The first-order valence-electron chi connectivity index (χ1n) is 6.78. The summed E-state index contributed by atoms with van der Waals surface area (Å²) in [4.78, 5) is 12.2. The largest absolute Gasteiger partial charge is 0.465 e. The zero-order valence-corrected chi connectivity index (χ0v) is 11.8. The van der Waals surface area contributed by atoms with E-state index in [9.17, 15) is 4.79 Å². The van der Waals surface area contributed by atoms with Gasteiger partial charge in [-0.2, -0.15) is 0 Å². The fourth-order valence-electron chi connectivity index (χ4n) is 2.31. The molecule has 0 aromatic heterocycles. The van der Waals surface area contributed by atoms with Gasteiger partial charge in [-0.3, -0.25) is 4.79 Å². The summed E-state index contributed by atoms with van der Waals surface area (Å²) in [5.41, 5.74) is -0.0151. The summed E-state index contributed by atoms with van der Waals surface area (Å²) in [5, 5.41) is 3.28. The van der Waals surface area contributed by atoms with Crippen molar-refractivity contribution in [2.75, 3.05) is 19.7 Å². The van der Waals surface area contributed by atoms with Gasteiger partial charge in [0.05, 0.1) is 12.0 Å². The predicted molar refractivity (Wildman–Crippen MR) is 69.9 cm³/mol. The number of rotatable bonds is 5. The maximum absolute atomic E-state index is 12.2. The lowest BCUT2D eigenvalue weighted by molar-refractivity contribution is -0.156. The highest BCUT2D eigenvalue weighted by atomic mass is 16.5. The maximum Gasteiger partial charge on any atom is 0.313 e. The molecule has 0 amide bonds. The van der Waals surface area contributed by atoms with Gasteiger partial charge in [0, 0.05) is 6.54 Å². The van der Waals surface area contributed by atoms with Crippen LogP contribution >= 0.6 is 0 Å². The molecule has 3 nitrogen and oxygen atoms in total. The van der Waals surface area contributed by atoms with E-state index in [1.165, 1.54) is 0 Å². The Bertz CT molecular complexity index is 249. The van der Waals surface area contributed by atoms with Gasteiger partial charge >= 0.3 is 5.97 Å². The Balaban J connectivity index is 2.44. The summed E-state index contributed by atoms with van der Waals surface area (Å²) >= 11 is 0. The van der Waals surface area contributed by atoms with E-state index in [0.29, 0.717) is 6.61 Å². The molecule has 1 aliphatic rings. The highest BCUT2D eigenvalue weighted by Gasteiger charge is 2.41. The lowest BCUT2D eigenvalue weighted by atomic mass is 9.82. The number of nitrogens with one attached hydrogen (secondary N) is 1. The maximum atomic E-state index is 12.2. The van der Waals surface area contributed by atoms with Crippen molar-refractivity contribution in [2.24, 2.45) is 10.8 Å². The van der Waals surface area contributed by atoms with E-state index in [2.05, 4.69) is 33.0 Å². The molecule has 1 rings (SSSR count). The number of carbonyl (C=O) groups excluding carboxylic acids is 1. The van der Waals surface area contributed by atoms with E-state index in [1.54, 1.807) is 0 Å². The molecule has 0 aromatic carbocycles. The molecule has 0 spiro atoms. The number of carbonyl (C=O) groups is 1. The van der Waals surface area contributed by atoms with Gasteiger partial charge < -0.3 is 10.1 Å².